The summed E-state index contributed by atoms with van der Waals surface area (Å²) < 4.78 is 5.89. The molecule has 5 heteroatoms. The fourth-order valence-electron chi connectivity index (χ4n) is 3.08. The molecule has 1 heterocycles. The number of aryl methyl sites for hydroxylation is 1. The van der Waals surface area contributed by atoms with Gasteiger partial charge in [0.2, 0.25) is 5.91 Å². The fourth-order valence-corrected chi connectivity index (χ4v) is 3.08. The Balaban J connectivity index is 1.84. The van der Waals surface area contributed by atoms with Crippen molar-refractivity contribution >= 4 is 11.8 Å². The first-order valence-electron chi connectivity index (χ1n) is 9.71. The third-order valence-electron chi connectivity index (χ3n) is 4.90. The summed E-state index contributed by atoms with van der Waals surface area (Å²) in [6.45, 7) is 9.83. The number of carbonyl (C=O) groups is 2. The van der Waals surface area contributed by atoms with Crippen molar-refractivity contribution in [3.8, 4) is 5.75 Å². The summed E-state index contributed by atoms with van der Waals surface area (Å²) in [6, 6.07) is 6.13. The van der Waals surface area contributed by atoms with Crippen LogP contribution in [0.25, 0.3) is 0 Å². The van der Waals surface area contributed by atoms with E-state index in [-0.39, 0.29) is 11.8 Å². The van der Waals surface area contributed by atoms with Crippen LogP contribution in [0, 0.1) is 6.92 Å². The molecule has 0 spiro atoms. The molecule has 1 unspecified atom stereocenters. The van der Waals surface area contributed by atoms with E-state index in [1.807, 2.05) is 24.0 Å². The Bertz CT molecular complexity index is 628. The molecule has 1 aromatic carbocycles. The van der Waals surface area contributed by atoms with Crippen molar-refractivity contribution in [2.75, 3.05) is 19.6 Å². The normalized spacial score (nSPS) is 16.3. The molecule has 2 amide bonds. The molecular formula is C21H32N2O3. The molecule has 0 radical (unpaired) electrons. The molecule has 0 saturated carbocycles. The summed E-state index contributed by atoms with van der Waals surface area (Å²) in [7, 11) is 0. The maximum absolute atomic E-state index is 12.3. The quantitative estimate of drug-likeness (QED) is 0.811. The van der Waals surface area contributed by atoms with Crippen LogP contribution in [0.2, 0.25) is 0 Å². The third kappa shape index (κ3) is 5.75. The molecular weight excluding hydrogens is 328 g/mol. The number of nitrogens with zero attached hydrogens (tertiary/aromatic N) is 1. The van der Waals surface area contributed by atoms with Gasteiger partial charge in [-0.25, -0.2) is 0 Å². The number of hydrogen-bond acceptors (Lipinski definition) is 3. The second-order valence-corrected chi connectivity index (χ2v) is 7.42. The number of ether oxygens (including phenoxy) is 1. The van der Waals surface area contributed by atoms with E-state index in [2.05, 4.69) is 25.2 Å². The molecule has 1 atom stereocenters. The van der Waals surface area contributed by atoms with E-state index in [0.29, 0.717) is 25.4 Å². The largest absolute Gasteiger partial charge is 0.481 e. The van der Waals surface area contributed by atoms with Crippen molar-refractivity contribution in [3.63, 3.8) is 0 Å². The highest BCUT2D eigenvalue weighted by Crippen LogP contribution is 2.25. The predicted octanol–water partition coefficient (Wildman–Crippen LogP) is 3.40. The second kappa shape index (κ2) is 9.60. The lowest BCUT2D eigenvalue weighted by atomic mass is 10.0. The Morgan fingerprint density at radius 3 is 2.73 bits per heavy atom. The minimum Gasteiger partial charge on any atom is -0.481 e. The Kier molecular flexibility index (Phi) is 7.49. The highest BCUT2D eigenvalue weighted by molar-refractivity contribution is 5.81. The lowest BCUT2D eigenvalue weighted by Gasteiger charge is -2.22. The van der Waals surface area contributed by atoms with Crippen LogP contribution in [0.4, 0.5) is 0 Å². The Hall–Kier alpha value is -2.04. The molecule has 26 heavy (non-hydrogen) atoms. The van der Waals surface area contributed by atoms with Crippen molar-refractivity contribution in [2.45, 2.75) is 65.4 Å². The van der Waals surface area contributed by atoms with E-state index >= 15 is 0 Å². The first kappa shape index (κ1) is 20.3. The summed E-state index contributed by atoms with van der Waals surface area (Å²) in [6.07, 6.45) is 3.18. The molecule has 1 aromatic rings. The average molecular weight is 360 g/mol. The van der Waals surface area contributed by atoms with E-state index in [1.54, 1.807) is 6.92 Å². The maximum atomic E-state index is 12.3. The number of hydrogen-bond donors (Lipinski definition) is 1. The summed E-state index contributed by atoms with van der Waals surface area (Å²) in [4.78, 5) is 26.2. The van der Waals surface area contributed by atoms with Crippen molar-refractivity contribution in [1.29, 1.82) is 0 Å². The zero-order valence-electron chi connectivity index (χ0n) is 16.5. The van der Waals surface area contributed by atoms with Gasteiger partial charge in [-0.3, -0.25) is 9.59 Å². The minimum atomic E-state index is -0.573. The van der Waals surface area contributed by atoms with Gasteiger partial charge in [0.05, 0.1) is 0 Å². The number of amides is 2. The highest BCUT2D eigenvalue weighted by Gasteiger charge is 2.19. The van der Waals surface area contributed by atoms with Crippen LogP contribution >= 0.6 is 0 Å². The first-order chi connectivity index (χ1) is 12.4. The first-order valence-corrected chi connectivity index (χ1v) is 9.71. The number of rotatable bonds is 7. The average Bonchev–Trinajstić information content (AvgIpc) is 2.81. The zero-order valence-corrected chi connectivity index (χ0v) is 16.5. The SMILES string of the molecule is Cc1ccc(C(C)C)cc1OC(C)C(=O)NCCN1CCCCCC1=O. The Morgan fingerprint density at radius 2 is 2.00 bits per heavy atom. The van der Waals surface area contributed by atoms with Crippen LogP contribution in [-0.2, 0) is 9.59 Å². The molecule has 0 aliphatic carbocycles. The molecule has 1 saturated heterocycles. The van der Waals surface area contributed by atoms with Gasteiger partial charge in [-0.15, -0.1) is 0 Å². The highest BCUT2D eigenvalue weighted by atomic mass is 16.5. The zero-order chi connectivity index (χ0) is 19.1. The molecule has 144 valence electrons. The van der Waals surface area contributed by atoms with Gasteiger partial charge in [-0.2, -0.15) is 0 Å². The van der Waals surface area contributed by atoms with Crippen molar-refractivity contribution in [3.05, 3.63) is 29.3 Å². The summed E-state index contributed by atoms with van der Waals surface area (Å²) in [5, 5.41) is 2.89. The van der Waals surface area contributed by atoms with Gasteiger partial charge < -0.3 is 15.0 Å². The Morgan fingerprint density at radius 1 is 1.23 bits per heavy atom. The van der Waals surface area contributed by atoms with Gasteiger partial charge in [0.25, 0.3) is 5.91 Å². The number of benzene rings is 1. The maximum Gasteiger partial charge on any atom is 0.260 e. The lowest BCUT2D eigenvalue weighted by Crippen LogP contribution is -2.42. The van der Waals surface area contributed by atoms with Gasteiger partial charge in [0.1, 0.15) is 5.75 Å². The molecule has 5 nitrogen and oxygen atoms in total. The number of likely N-dealkylation sites (tertiary alicyclic amines) is 1. The minimum absolute atomic E-state index is 0.151. The van der Waals surface area contributed by atoms with Crippen molar-refractivity contribution in [1.82, 2.24) is 10.2 Å². The van der Waals surface area contributed by atoms with E-state index < -0.39 is 6.10 Å². The van der Waals surface area contributed by atoms with Gasteiger partial charge in [-0.05, 0) is 49.8 Å². The standard InChI is InChI=1S/C21H32N2O3/c1-15(2)18-10-9-16(3)19(14-18)26-17(4)21(25)22-11-13-23-12-7-5-6-8-20(23)24/h9-10,14-15,17H,5-8,11-13H2,1-4H3,(H,22,25). The molecule has 2 rings (SSSR count). The predicted molar refractivity (Wildman–Crippen MR) is 103 cm³/mol. The molecule has 0 aromatic heterocycles. The molecule has 1 aliphatic heterocycles. The molecule has 1 aliphatic rings. The van der Waals surface area contributed by atoms with E-state index in [9.17, 15) is 9.59 Å². The van der Waals surface area contributed by atoms with Gasteiger partial charge in [-0.1, -0.05) is 32.4 Å². The van der Waals surface area contributed by atoms with E-state index in [0.717, 1.165) is 37.1 Å². The van der Waals surface area contributed by atoms with Crippen LogP contribution in [-0.4, -0.2) is 42.5 Å². The van der Waals surface area contributed by atoms with Crippen LogP contribution in [0.1, 0.15) is 63.5 Å². The lowest BCUT2D eigenvalue weighted by molar-refractivity contribution is -0.132. The van der Waals surface area contributed by atoms with E-state index in [1.165, 1.54) is 5.56 Å². The smallest absolute Gasteiger partial charge is 0.260 e. The number of carbonyl (C=O) groups excluding carboxylic acids is 2. The van der Waals surface area contributed by atoms with Crippen LogP contribution in [0.15, 0.2) is 18.2 Å². The Labute approximate surface area is 157 Å². The van der Waals surface area contributed by atoms with E-state index in [4.69, 9.17) is 4.74 Å². The molecule has 1 N–H and O–H groups in total. The summed E-state index contributed by atoms with van der Waals surface area (Å²) in [5.74, 6) is 1.21. The van der Waals surface area contributed by atoms with Gasteiger partial charge in [0, 0.05) is 26.1 Å². The second-order valence-electron chi connectivity index (χ2n) is 7.42. The molecule has 1 fully saturated rings. The van der Waals surface area contributed by atoms with Crippen molar-refractivity contribution < 1.29 is 14.3 Å². The summed E-state index contributed by atoms with van der Waals surface area (Å²) >= 11 is 0. The van der Waals surface area contributed by atoms with Gasteiger partial charge >= 0.3 is 0 Å². The topological polar surface area (TPSA) is 58.6 Å². The van der Waals surface area contributed by atoms with Crippen LogP contribution in [0.3, 0.4) is 0 Å². The summed E-state index contributed by atoms with van der Waals surface area (Å²) in [5.41, 5.74) is 2.21. The third-order valence-corrected chi connectivity index (χ3v) is 4.90. The monoisotopic (exact) mass is 360 g/mol. The van der Waals surface area contributed by atoms with Crippen LogP contribution in [0.5, 0.6) is 5.75 Å². The number of nitrogens with one attached hydrogen (secondary N) is 1. The van der Waals surface area contributed by atoms with Crippen LogP contribution < -0.4 is 10.1 Å². The van der Waals surface area contributed by atoms with Gasteiger partial charge in [0.15, 0.2) is 6.10 Å². The van der Waals surface area contributed by atoms with Crippen molar-refractivity contribution in [2.24, 2.45) is 0 Å². The molecule has 0 bridgehead atoms. The fraction of sp³-hybridized carbons (Fsp3) is 0.619.